The van der Waals surface area contributed by atoms with E-state index in [-0.39, 0.29) is 30.3 Å². The predicted molar refractivity (Wildman–Crippen MR) is 87.9 cm³/mol. The van der Waals surface area contributed by atoms with Crippen LogP contribution < -0.4 is 0 Å². The van der Waals surface area contributed by atoms with E-state index in [0.717, 1.165) is 0 Å². The van der Waals surface area contributed by atoms with Gasteiger partial charge in [-0.2, -0.15) is 0 Å². The van der Waals surface area contributed by atoms with Crippen LogP contribution >= 0.6 is 0 Å². The third-order valence-corrected chi connectivity index (χ3v) is 3.40. The summed E-state index contributed by atoms with van der Waals surface area (Å²) in [5, 5.41) is 9.04. The smallest absolute Gasteiger partial charge is 0.339 e. The van der Waals surface area contributed by atoms with E-state index in [1.54, 1.807) is 6.07 Å². The van der Waals surface area contributed by atoms with Crippen molar-refractivity contribution in [2.45, 2.75) is 34.1 Å². The van der Waals surface area contributed by atoms with Crippen molar-refractivity contribution in [3.63, 3.8) is 0 Å². The topological polar surface area (TPSA) is 89.9 Å². The van der Waals surface area contributed by atoms with Crippen LogP contribution in [0.3, 0.4) is 0 Å². The first kappa shape index (κ1) is 19.7. The summed E-state index contributed by atoms with van der Waals surface area (Å²) in [7, 11) is 0. The van der Waals surface area contributed by atoms with Gasteiger partial charge in [0.05, 0.1) is 16.5 Å². The first-order valence-electron chi connectivity index (χ1n) is 7.82. The van der Waals surface area contributed by atoms with Gasteiger partial charge in [0.15, 0.2) is 0 Å². The summed E-state index contributed by atoms with van der Waals surface area (Å²) in [6, 6.07) is 5.78. The maximum absolute atomic E-state index is 12.0. The molecule has 0 saturated heterocycles. The number of esters is 2. The van der Waals surface area contributed by atoms with Crippen molar-refractivity contribution in [1.82, 2.24) is 0 Å². The van der Waals surface area contributed by atoms with Gasteiger partial charge in [0.25, 0.3) is 0 Å². The summed E-state index contributed by atoms with van der Waals surface area (Å²) < 4.78 is 10.1. The number of hydrogen-bond acceptors (Lipinski definition) is 5. The number of carbonyl (C=O) groups excluding carboxylic acids is 2. The maximum Gasteiger partial charge on any atom is 0.339 e. The van der Waals surface area contributed by atoms with Crippen molar-refractivity contribution in [3.05, 3.63) is 35.4 Å². The van der Waals surface area contributed by atoms with Gasteiger partial charge in [0.2, 0.25) is 0 Å². The quantitative estimate of drug-likeness (QED) is 0.579. The van der Waals surface area contributed by atoms with E-state index in [9.17, 15) is 14.4 Å². The van der Waals surface area contributed by atoms with Crippen molar-refractivity contribution in [2.24, 2.45) is 11.3 Å². The van der Waals surface area contributed by atoms with Crippen LogP contribution in [-0.2, 0) is 14.3 Å². The number of carboxylic acids is 1. The van der Waals surface area contributed by atoms with Crippen molar-refractivity contribution in [2.75, 3.05) is 13.2 Å². The molecule has 0 aliphatic carbocycles. The molecule has 6 nitrogen and oxygen atoms in total. The molecule has 0 unspecified atom stereocenters. The van der Waals surface area contributed by atoms with E-state index in [4.69, 9.17) is 14.6 Å². The van der Waals surface area contributed by atoms with E-state index in [2.05, 4.69) is 0 Å². The molecule has 6 heteroatoms. The van der Waals surface area contributed by atoms with E-state index < -0.39 is 17.4 Å². The minimum Gasteiger partial charge on any atom is -0.478 e. The molecular weight excluding hydrogens is 312 g/mol. The SMILES string of the molecule is CC(C)CC(C)(C)C(=O)OCCOC(=O)c1ccccc1C(=O)O. The molecule has 132 valence electrons. The van der Waals surface area contributed by atoms with Crippen LogP contribution in [0.5, 0.6) is 0 Å². The highest BCUT2D eigenvalue weighted by Gasteiger charge is 2.30. The van der Waals surface area contributed by atoms with Crippen molar-refractivity contribution in [3.8, 4) is 0 Å². The second-order valence-electron chi connectivity index (χ2n) is 6.60. The molecule has 0 aliphatic heterocycles. The first-order valence-corrected chi connectivity index (χ1v) is 7.82. The van der Waals surface area contributed by atoms with Crippen LogP contribution in [0.2, 0.25) is 0 Å². The molecular formula is C18H24O6. The molecule has 24 heavy (non-hydrogen) atoms. The molecule has 0 bridgehead atoms. The van der Waals surface area contributed by atoms with Crippen molar-refractivity contribution in [1.29, 1.82) is 0 Å². The minimum atomic E-state index is -1.20. The van der Waals surface area contributed by atoms with Gasteiger partial charge in [-0.15, -0.1) is 0 Å². The molecule has 0 atom stereocenters. The number of ether oxygens (including phenoxy) is 2. The van der Waals surface area contributed by atoms with Crippen LogP contribution in [0, 0.1) is 11.3 Å². The molecule has 0 aromatic heterocycles. The Balaban J connectivity index is 2.50. The lowest BCUT2D eigenvalue weighted by molar-refractivity contribution is -0.155. The Morgan fingerprint density at radius 3 is 2.12 bits per heavy atom. The van der Waals surface area contributed by atoms with Crippen LogP contribution in [-0.4, -0.2) is 36.2 Å². The van der Waals surface area contributed by atoms with E-state index >= 15 is 0 Å². The van der Waals surface area contributed by atoms with E-state index in [0.29, 0.717) is 12.3 Å². The number of carbonyl (C=O) groups is 3. The molecule has 0 amide bonds. The van der Waals surface area contributed by atoms with E-state index in [1.807, 2.05) is 27.7 Å². The summed E-state index contributed by atoms with van der Waals surface area (Å²) >= 11 is 0. The lowest BCUT2D eigenvalue weighted by Gasteiger charge is -2.24. The zero-order chi connectivity index (χ0) is 18.3. The third-order valence-electron chi connectivity index (χ3n) is 3.40. The van der Waals surface area contributed by atoms with Gasteiger partial charge in [-0.3, -0.25) is 4.79 Å². The Labute approximate surface area is 141 Å². The lowest BCUT2D eigenvalue weighted by Crippen LogP contribution is -2.29. The van der Waals surface area contributed by atoms with Gasteiger partial charge in [-0.25, -0.2) is 9.59 Å². The second-order valence-corrected chi connectivity index (χ2v) is 6.60. The van der Waals surface area contributed by atoms with Crippen LogP contribution in [0.1, 0.15) is 54.8 Å². The fourth-order valence-corrected chi connectivity index (χ4v) is 2.49. The van der Waals surface area contributed by atoms with Gasteiger partial charge >= 0.3 is 17.9 Å². The zero-order valence-electron chi connectivity index (χ0n) is 14.5. The summed E-state index contributed by atoms with van der Waals surface area (Å²) in [5.41, 5.74) is -0.761. The third kappa shape index (κ3) is 5.68. The summed E-state index contributed by atoms with van der Waals surface area (Å²) in [5.74, 6) is -1.95. The largest absolute Gasteiger partial charge is 0.478 e. The Morgan fingerprint density at radius 1 is 1.04 bits per heavy atom. The Hall–Kier alpha value is -2.37. The normalized spacial score (nSPS) is 11.2. The molecule has 1 aromatic carbocycles. The molecule has 1 aromatic rings. The summed E-state index contributed by atoms with van der Waals surface area (Å²) in [6.07, 6.45) is 0.692. The summed E-state index contributed by atoms with van der Waals surface area (Å²) in [4.78, 5) is 35.0. The van der Waals surface area contributed by atoms with Gasteiger partial charge in [-0.05, 0) is 38.3 Å². The Kier molecular flexibility index (Phi) is 6.95. The highest BCUT2D eigenvalue weighted by atomic mass is 16.6. The average Bonchev–Trinajstić information content (AvgIpc) is 2.49. The minimum absolute atomic E-state index is 0.0311. The van der Waals surface area contributed by atoms with Gasteiger partial charge in [0.1, 0.15) is 13.2 Å². The zero-order valence-corrected chi connectivity index (χ0v) is 14.5. The average molecular weight is 336 g/mol. The Bertz CT molecular complexity index is 603. The summed E-state index contributed by atoms with van der Waals surface area (Å²) in [6.45, 7) is 7.47. The van der Waals surface area contributed by atoms with Crippen molar-refractivity contribution < 1.29 is 29.0 Å². The molecule has 0 heterocycles. The molecule has 0 aliphatic rings. The molecule has 0 fully saturated rings. The number of benzene rings is 1. The fourth-order valence-electron chi connectivity index (χ4n) is 2.49. The Morgan fingerprint density at radius 2 is 1.58 bits per heavy atom. The molecule has 1 N–H and O–H groups in total. The van der Waals surface area contributed by atoms with E-state index in [1.165, 1.54) is 18.2 Å². The molecule has 0 radical (unpaired) electrons. The number of hydrogen-bond donors (Lipinski definition) is 1. The molecule has 0 spiro atoms. The second kappa shape index (κ2) is 8.47. The van der Waals surface area contributed by atoms with Gasteiger partial charge < -0.3 is 14.6 Å². The number of carboxylic acid groups (broad SMARTS) is 1. The number of aromatic carboxylic acids is 1. The van der Waals surface area contributed by atoms with Crippen LogP contribution in [0.4, 0.5) is 0 Å². The fraction of sp³-hybridized carbons (Fsp3) is 0.500. The molecule has 1 rings (SSSR count). The first-order chi connectivity index (χ1) is 11.1. The number of rotatable bonds is 8. The predicted octanol–water partition coefficient (Wildman–Crippen LogP) is 3.16. The monoisotopic (exact) mass is 336 g/mol. The van der Waals surface area contributed by atoms with Gasteiger partial charge in [0, 0.05) is 0 Å². The van der Waals surface area contributed by atoms with Crippen molar-refractivity contribution >= 4 is 17.9 Å². The maximum atomic E-state index is 12.0. The van der Waals surface area contributed by atoms with Crippen LogP contribution in [0.25, 0.3) is 0 Å². The standard InChI is InChI=1S/C18H24O6/c1-12(2)11-18(3,4)17(22)24-10-9-23-16(21)14-8-6-5-7-13(14)15(19)20/h5-8,12H,9-11H2,1-4H3,(H,19,20). The molecule has 0 saturated carbocycles. The van der Waals surface area contributed by atoms with Crippen LogP contribution in [0.15, 0.2) is 24.3 Å². The highest BCUT2D eigenvalue weighted by molar-refractivity contribution is 6.02. The van der Waals surface area contributed by atoms with Gasteiger partial charge in [-0.1, -0.05) is 26.0 Å². The highest BCUT2D eigenvalue weighted by Crippen LogP contribution is 2.26. The lowest BCUT2D eigenvalue weighted by atomic mass is 9.84.